The van der Waals surface area contributed by atoms with E-state index in [0.29, 0.717) is 25.3 Å². The molecular weight excluding hydrogens is 326 g/mol. The first-order chi connectivity index (χ1) is 8.92. The Hall–Kier alpha value is -0.660. The molecular formula is C13H28BrN3O3. The molecule has 0 spiro atoms. The molecule has 0 rings (SSSR count). The standard InChI is InChI=1S/C13H27N3O3.BrH/c1-9(2)8-10(15)12(17)16-11(13(18)19-3)6-4-5-7-14;/h9-11H,4-8,14-15H2,1-3H3,(H,16,17);1H/t10-,11-;/m0./s1. The molecule has 0 unspecified atom stereocenters. The van der Waals surface area contributed by atoms with Crippen LogP contribution in [0.4, 0.5) is 0 Å². The normalized spacial score (nSPS) is 13.3. The highest BCUT2D eigenvalue weighted by Gasteiger charge is 2.24. The van der Waals surface area contributed by atoms with E-state index in [2.05, 4.69) is 10.1 Å². The van der Waals surface area contributed by atoms with Crippen LogP contribution in [0, 0.1) is 5.92 Å². The topological polar surface area (TPSA) is 107 Å². The van der Waals surface area contributed by atoms with Crippen molar-refractivity contribution in [1.29, 1.82) is 0 Å². The van der Waals surface area contributed by atoms with E-state index >= 15 is 0 Å². The van der Waals surface area contributed by atoms with Crippen molar-refractivity contribution in [3.8, 4) is 0 Å². The summed E-state index contributed by atoms with van der Waals surface area (Å²) in [4.78, 5) is 23.5. The third kappa shape index (κ3) is 9.28. The highest BCUT2D eigenvalue weighted by atomic mass is 79.9. The van der Waals surface area contributed by atoms with Crippen LogP contribution in [0.2, 0.25) is 0 Å². The van der Waals surface area contributed by atoms with Gasteiger partial charge in [0.25, 0.3) is 0 Å². The van der Waals surface area contributed by atoms with Crippen LogP contribution in [0.3, 0.4) is 0 Å². The number of rotatable bonds is 9. The van der Waals surface area contributed by atoms with Crippen molar-refractivity contribution in [3.05, 3.63) is 0 Å². The van der Waals surface area contributed by atoms with Gasteiger partial charge >= 0.3 is 5.97 Å². The lowest BCUT2D eigenvalue weighted by Gasteiger charge is -2.20. The van der Waals surface area contributed by atoms with Gasteiger partial charge in [0.15, 0.2) is 0 Å². The van der Waals surface area contributed by atoms with Crippen molar-refractivity contribution in [2.75, 3.05) is 13.7 Å². The lowest BCUT2D eigenvalue weighted by atomic mass is 10.0. The second kappa shape index (κ2) is 12.1. The van der Waals surface area contributed by atoms with E-state index < -0.39 is 18.1 Å². The summed E-state index contributed by atoms with van der Waals surface area (Å²) < 4.78 is 4.68. The molecule has 0 aromatic rings. The summed E-state index contributed by atoms with van der Waals surface area (Å²) in [6, 6.07) is -1.23. The Labute approximate surface area is 131 Å². The zero-order chi connectivity index (χ0) is 14.8. The molecule has 0 bridgehead atoms. The lowest BCUT2D eigenvalue weighted by Crippen LogP contribution is -2.49. The Morgan fingerprint density at radius 1 is 1.25 bits per heavy atom. The number of esters is 1. The van der Waals surface area contributed by atoms with E-state index in [-0.39, 0.29) is 22.9 Å². The second-order valence-corrected chi connectivity index (χ2v) is 5.10. The molecule has 0 aromatic carbocycles. The van der Waals surface area contributed by atoms with Crippen molar-refractivity contribution in [2.45, 2.75) is 51.6 Å². The van der Waals surface area contributed by atoms with E-state index in [4.69, 9.17) is 11.5 Å². The van der Waals surface area contributed by atoms with E-state index in [1.807, 2.05) is 13.8 Å². The minimum Gasteiger partial charge on any atom is -0.467 e. The number of nitrogens with two attached hydrogens (primary N) is 2. The second-order valence-electron chi connectivity index (χ2n) is 5.10. The summed E-state index contributed by atoms with van der Waals surface area (Å²) in [5.41, 5.74) is 11.2. The van der Waals surface area contributed by atoms with Crippen LogP contribution in [-0.4, -0.2) is 37.6 Å². The van der Waals surface area contributed by atoms with Gasteiger partial charge in [-0.05, 0) is 38.1 Å². The van der Waals surface area contributed by atoms with Crippen molar-refractivity contribution in [1.82, 2.24) is 5.32 Å². The van der Waals surface area contributed by atoms with Gasteiger partial charge in [0.05, 0.1) is 13.2 Å². The zero-order valence-electron chi connectivity index (χ0n) is 12.6. The largest absolute Gasteiger partial charge is 0.467 e. The quantitative estimate of drug-likeness (QED) is 0.418. The summed E-state index contributed by atoms with van der Waals surface area (Å²) in [6.45, 7) is 4.55. The van der Waals surface area contributed by atoms with Crippen LogP contribution in [0.5, 0.6) is 0 Å². The first-order valence-electron chi connectivity index (χ1n) is 6.76. The molecule has 7 heteroatoms. The Morgan fingerprint density at radius 3 is 2.30 bits per heavy atom. The maximum Gasteiger partial charge on any atom is 0.328 e. The summed E-state index contributed by atoms with van der Waals surface area (Å²) in [7, 11) is 1.30. The molecule has 6 nitrogen and oxygen atoms in total. The van der Waals surface area contributed by atoms with Gasteiger partial charge in [-0.25, -0.2) is 4.79 Å². The fraction of sp³-hybridized carbons (Fsp3) is 0.846. The molecule has 0 saturated heterocycles. The molecule has 0 aliphatic heterocycles. The highest BCUT2D eigenvalue weighted by molar-refractivity contribution is 8.93. The predicted molar refractivity (Wildman–Crippen MR) is 84.6 cm³/mol. The van der Waals surface area contributed by atoms with Crippen LogP contribution >= 0.6 is 17.0 Å². The van der Waals surface area contributed by atoms with E-state index in [9.17, 15) is 9.59 Å². The van der Waals surface area contributed by atoms with Gasteiger partial charge in [-0.2, -0.15) is 0 Å². The molecule has 5 N–H and O–H groups in total. The van der Waals surface area contributed by atoms with Crippen LogP contribution in [0.25, 0.3) is 0 Å². The number of amides is 1. The fourth-order valence-corrected chi connectivity index (χ4v) is 1.78. The van der Waals surface area contributed by atoms with Crippen molar-refractivity contribution >= 4 is 28.9 Å². The Balaban J connectivity index is 0. The fourth-order valence-electron chi connectivity index (χ4n) is 1.78. The number of hydrogen-bond acceptors (Lipinski definition) is 5. The maximum atomic E-state index is 11.9. The van der Waals surface area contributed by atoms with Crippen LogP contribution in [0.1, 0.15) is 39.5 Å². The van der Waals surface area contributed by atoms with Gasteiger partial charge < -0.3 is 21.5 Å². The van der Waals surface area contributed by atoms with Gasteiger partial charge in [-0.3, -0.25) is 4.79 Å². The van der Waals surface area contributed by atoms with Gasteiger partial charge in [-0.15, -0.1) is 17.0 Å². The van der Waals surface area contributed by atoms with Crippen molar-refractivity contribution < 1.29 is 14.3 Å². The number of nitrogens with one attached hydrogen (secondary N) is 1. The minimum atomic E-state index is -0.637. The van der Waals surface area contributed by atoms with Crippen LogP contribution < -0.4 is 16.8 Å². The summed E-state index contributed by atoms with van der Waals surface area (Å²) in [5.74, 6) is -0.423. The average molecular weight is 354 g/mol. The Bertz CT molecular complexity index is 288. The van der Waals surface area contributed by atoms with E-state index in [1.54, 1.807) is 0 Å². The molecule has 0 aliphatic rings. The number of methoxy groups -OCH3 is 1. The van der Waals surface area contributed by atoms with Gasteiger partial charge in [0.2, 0.25) is 5.91 Å². The Kier molecular flexibility index (Phi) is 13.1. The summed E-state index contributed by atoms with van der Waals surface area (Å²) >= 11 is 0. The molecule has 2 atom stereocenters. The molecule has 0 saturated carbocycles. The lowest BCUT2D eigenvalue weighted by molar-refractivity contribution is -0.145. The monoisotopic (exact) mass is 353 g/mol. The van der Waals surface area contributed by atoms with Gasteiger partial charge in [0, 0.05) is 0 Å². The number of carbonyl (C=O) groups is 2. The van der Waals surface area contributed by atoms with Crippen molar-refractivity contribution in [3.63, 3.8) is 0 Å². The molecule has 0 radical (unpaired) electrons. The summed E-state index contributed by atoms with van der Waals surface area (Å²) in [5, 5.41) is 2.65. The van der Waals surface area contributed by atoms with Crippen LogP contribution in [-0.2, 0) is 14.3 Å². The molecule has 0 heterocycles. The smallest absolute Gasteiger partial charge is 0.328 e. The van der Waals surface area contributed by atoms with Gasteiger partial charge in [-0.1, -0.05) is 13.8 Å². The molecule has 0 aliphatic carbocycles. The number of unbranched alkanes of at least 4 members (excludes halogenated alkanes) is 1. The molecule has 120 valence electrons. The molecule has 20 heavy (non-hydrogen) atoms. The SMILES string of the molecule is Br.COC(=O)[C@H](CCCCN)NC(=O)[C@@H](N)CC(C)C. The minimum absolute atomic E-state index is 0. The molecule has 0 fully saturated rings. The number of ether oxygens (including phenoxy) is 1. The first-order valence-corrected chi connectivity index (χ1v) is 6.76. The molecule has 0 aromatic heterocycles. The third-order valence-corrected chi connectivity index (χ3v) is 2.81. The van der Waals surface area contributed by atoms with Gasteiger partial charge in [0.1, 0.15) is 6.04 Å². The third-order valence-electron chi connectivity index (χ3n) is 2.81. The maximum absolute atomic E-state index is 11.9. The zero-order valence-corrected chi connectivity index (χ0v) is 14.3. The van der Waals surface area contributed by atoms with Crippen molar-refractivity contribution in [2.24, 2.45) is 17.4 Å². The molecule has 1 amide bonds. The number of hydrogen-bond donors (Lipinski definition) is 3. The summed E-state index contributed by atoms with van der Waals surface area (Å²) in [6.07, 6.45) is 2.67. The Morgan fingerprint density at radius 2 is 1.85 bits per heavy atom. The average Bonchev–Trinajstić information content (AvgIpc) is 2.35. The van der Waals surface area contributed by atoms with E-state index in [0.717, 1.165) is 12.8 Å². The first kappa shape index (κ1) is 21.6. The van der Waals surface area contributed by atoms with Crippen LogP contribution in [0.15, 0.2) is 0 Å². The number of halogens is 1. The number of carbonyl (C=O) groups excluding carboxylic acids is 2. The van der Waals surface area contributed by atoms with E-state index in [1.165, 1.54) is 7.11 Å². The highest BCUT2D eigenvalue weighted by Crippen LogP contribution is 2.06. The predicted octanol–water partition coefficient (Wildman–Crippen LogP) is 0.725.